The van der Waals surface area contributed by atoms with Crippen LogP contribution in [-0.2, 0) is 37.4 Å². The second-order valence-electron chi connectivity index (χ2n) is 10.7. The molecule has 2 heterocycles. The molecule has 0 bridgehead atoms. The van der Waals surface area contributed by atoms with Crippen molar-refractivity contribution < 1.29 is 23.9 Å². The number of fused-ring (bicyclic) bond motifs is 1. The molecule has 0 fully saturated rings. The summed E-state index contributed by atoms with van der Waals surface area (Å²) in [6.07, 6.45) is 2.06. The number of hydrogen-bond acceptors (Lipinski definition) is 6. The smallest absolute Gasteiger partial charge is 0.312 e. The van der Waals surface area contributed by atoms with Crippen molar-refractivity contribution in [2.75, 3.05) is 14.2 Å². The SMILES string of the molecule is COc1ccc(C(=O)N2Cc3c(ncn3Cc3ccccc3C)CC2C(=O)NCc2ccc(CNC(N)=O)cc2)cc1OC. The number of aromatic nitrogens is 2. The fourth-order valence-corrected chi connectivity index (χ4v) is 5.33. The molecule has 1 unspecified atom stereocenters. The van der Waals surface area contributed by atoms with E-state index in [0.29, 0.717) is 30.2 Å². The fraction of sp³-hybridized carbons (Fsp3) is 0.273. The number of urea groups is 1. The summed E-state index contributed by atoms with van der Waals surface area (Å²) in [6, 6.07) is 19.2. The zero-order valence-electron chi connectivity index (χ0n) is 25.0. The van der Waals surface area contributed by atoms with Crippen LogP contribution in [0.1, 0.15) is 44.0 Å². The number of imidazole rings is 1. The van der Waals surface area contributed by atoms with Crippen LogP contribution < -0.4 is 25.8 Å². The highest BCUT2D eigenvalue weighted by Crippen LogP contribution is 2.31. The van der Waals surface area contributed by atoms with Gasteiger partial charge < -0.3 is 35.3 Å². The van der Waals surface area contributed by atoms with Gasteiger partial charge in [-0.25, -0.2) is 9.78 Å². The summed E-state index contributed by atoms with van der Waals surface area (Å²) >= 11 is 0. The third kappa shape index (κ3) is 6.67. The van der Waals surface area contributed by atoms with Crippen LogP contribution in [-0.4, -0.2) is 52.6 Å². The number of rotatable bonds is 10. The number of nitrogens with one attached hydrogen (secondary N) is 2. The molecule has 4 N–H and O–H groups in total. The molecule has 1 aliphatic rings. The second-order valence-corrected chi connectivity index (χ2v) is 10.7. The Morgan fingerprint density at radius 1 is 0.932 bits per heavy atom. The van der Waals surface area contributed by atoms with Crippen LogP contribution in [0, 0.1) is 6.92 Å². The summed E-state index contributed by atoms with van der Waals surface area (Å²) in [5.41, 5.74) is 11.3. The summed E-state index contributed by atoms with van der Waals surface area (Å²) < 4.78 is 12.8. The predicted octanol–water partition coefficient (Wildman–Crippen LogP) is 3.31. The maximum absolute atomic E-state index is 14.0. The fourth-order valence-electron chi connectivity index (χ4n) is 5.33. The molecule has 3 aromatic carbocycles. The van der Waals surface area contributed by atoms with Gasteiger partial charge in [-0.2, -0.15) is 0 Å². The molecular formula is C33H36N6O5. The van der Waals surface area contributed by atoms with Gasteiger partial charge in [-0.05, 0) is 47.4 Å². The van der Waals surface area contributed by atoms with Gasteiger partial charge in [0, 0.05) is 31.6 Å². The number of methoxy groups -OCH3 is 2. The maximum Gasteiger partial charge on any atom is 0.312 e. The van der Waals surface area contributed by atoms with Gasteiger partial charge in [-0.1, -0.05) is 48.5 Å². The number of nitrogens with zero attached hydrogens (tertiary/aromatic N) is 3. The van der Waals surface area contributed by atoms with Gasteiger partial charge in [0.1, 0.15) is 6.04 Å². The Hall–Kier alpha value is -5.32. The summed E-state index contributed by atoms with van der Waals surface area (Å²) in [5.74, 6) is 0.354. The van der Waals surface area contributed by atoms with Gasteiger partial charge in [-0.3, -0.25) is 9.59 Å². The predicted molar refractivity (Wildman–Crippen MR) is 164 cm³/mol. The van der Waals surface area contributed by atoms with Gasteiger partial charge >= 0.3 is 6.03 Å². The molecule has 4 aromatic rings. The van der Waals surface area contributed by atoms with Crippen molar-refractivity contribution in [3.05, 3.63) is 112 Å². The lowest BCUT2D eigenvalue weighted by Gasteiger charge is -2.35. The van der Waals surface area contributed by atoms with Crippen molar-refractivity contribution >= 4 is 17.8 Å². The number of nitrogens with two attached hydrogens (primary N) is 1. The lowest BCUT2D eigenvalue weighted by molar-refractivity contribution is -0.126. The summed E-state index contributed by atoms with van der Waals surface area (Å²) in [7, 11) is 3.05. The van der Waals surface area contributed by atoms with Crippen molar-refractivity contribution in [2.24, 2.45) is 5.73 Å². The van der Waals surface area contributed by atoms with Crippen molar-refractivity contribution in [3.8, 4) is 11.5 Å². The standard InChI is InChI=1S/C33H36N6O5/c1-21-6-4-5-7-25(21)18-38-20-37-26-15-27(31(40)35-16-22-8-10-23(11-9-22)17-36-33(34)42)39(19-28(26)38)32(41)24-12-13-29(43-2)30(14-24)44-3/h4-14,20,27H,15-19H2,1-3H3,(H,35,40)(H3,34,36,42). The van der Waals surface area contributed by atoms with Crippen molar-refractivity contribution in [1.29, 1.82) is 0 Å². The Kier molecular flexibility index (Phi) is 9.13. The Morgan fingerprint density at radius 2 is 1.61 bits per heavy atom. The van der Waals surface area contributed by atoms with Crippen LogP contribution in [0.4, 0.5) is 4.79 Å². The van der Waals surface area contributed by atoms with E-state index < -0.39 is 12.1 Å². The molecule has 44 heavy (non-hydrogen) atoms. The van der Waals surface area contributed by atoms with E-state index in [-0.39, 0.29) is 31.3 Å². The quantitative estimate of drug-likeness (QED) is 0.257. The molecule has 1 aromatic heterocycles. The van der Waals surface area contributed by atoms with Gasteiger partial charge in [-0.15, -0.1) is 0 Å². The zero-order valence-corrected chi connectivity index (χ0v) is 25.0. The molecule has 1 aliphatic heterocycles. The van der Waals surface area contributed by atoms with Crippen LogP contribution in [0.5, 0.6) is 11.5 Å². The first kappa shape index (κ1) is 30.1. The van der Waals surface area contributed by atoms with Crippen molar-refractivity contribution in [2.45, 2.75) is 45.6 Å². The van der Waals surface area contributed by atoms with E-state index in [1.807, 2.05) is 36.4 Å². The first-order valence-corrected chi connectivity index (χ1v) is 14.3. The minimum Gasteiger partial charge on any atom is -0.493 e. The molecule has 0 saturated carbocycles. The third-order valence-corrected chi connectivity index (χ3v) is 7.87. The molecule has 228 valence electrons. The Bertz CT molecular complexity index is 1670. The van der Waals surface area contributed by atoms with E-state index in [9.17, 15) is 14.4 Å². The van der Waals surface area contributed by atoms with Gasteiger partial charge in [0.25, 0.3) is 5.91 Å². The van der Waals surface area contributed by atoms with Crippen LogP contribution in [0.2, 0.25) is 0 Å². The van der Waals surface area contributed by atoms with Crippen LogP contribution in [0.25, 0.3) is 0 Å². The van der Waals surface area contributed by atoms with E-state index in [4.69, 9.17) is 15.2 Å². The van der Waals surface area contributed by atoms with E-state index in [1.54, 1.807) is 29.4 Å². The van der Waals surface area contributed by atoms with Crippen molar-refractivity contribution in [1.82, 2.24) is 25.1 Å². The Morgan fingerprint density at radius 3 is 2.27 bits per heavy atom. The number of hydrogen-bond donors (Lipinski definition) is 3. The highest BCUT2D eigenvalue weighted by atomic mass is 16.5. The number of amides is 4. The molecule has 1 atom stereocenters. The third-order valence-electron chi connectivity index (χ3n) is 7.87. The normalized spacial score (nSPS) is 14.0. The number of carbonyl (C=O) groups is 3. The number of benzene rings is 3. The summed E-state index contributed by atoms with van der Waals surface area (Å²) in [4.78, 5) is 45.0. The molecule has 4 amide bonds. The van der Waals surface area contributed by atoms with E-state index in [2.05, 4.69) is 39.2 Å². The monoisotopic (exact) mass is 596 g/mol. The Labute approximate surface area is 256 Å². The molecule has 5 rings (SSSR count). The van der Waals surface area contributed by atoms with Gasteiger partial charge in [0.05, 0.1) is 38.5 Å². The molecule has 0 aliphatic carbocycles. The number of ether oxygens (including phenoxy) is 2. The average Bonchev–Trinajstić information content (AvgIpc) is 3.44. The number of carbonyl (C=O) groups excluding carboxylic acids is 3. The average molecular weight is 597 g/mol. The van der Waals surface area contributed by atoms with E-state index in [0.717, 1.165) is 28.1 Å². The maximum atomic E-state index is 14.0. The Balaban J connectivity index is 1.39. The summed E-state index contributed by atoms with van der Waals surface area (Å²) in [5, 5.41) is 5.55. The molecule has 0 radical (unpaired) electrons. The number of primary amides is 1. The van der Waals surface area contributed by atoms with Gasteiger partial charge in [0.15, 0.2) is 11.5 Å². The minimum absolute atomic E-state index is 0.216. The van der Waals surface area contributed by atoms with Crippen LogP contribution in [0.15, 0.2) is 73.1 Å². The van der Waals surface area contributed by atoms with Crippen LogP contribution >= 0.6 is 0 Å². The number of aryl methyl sites for hydroxylation is 1. The lowest BCUT2D eigenvalue weighted by Crippen LogP contribution is -2.52. The first-order chi connectivity index (χ1) is 21.3. The molecule has 11 nitrogen and oxygen atoms in total. The highest BCUT2D eigenvalue weighted by Gasteiger charge is 2.37. The second kappa shape index (κ2) is 13.3. The van der Waals surface area contributed by atoms with E-state index in [1.165, 1.54) is 19.8 Å². The molecule has 0 spiro atoms. The van der Waals surface area contributed by atoms with Crippen LogP contribution in [0.3, 0.4) is 0 Å². The first-order valence-electron chi connectivity index (χ1n) is 14.3. The minimum atomic E-state index is -0.774. The largest absolute Gasteiger partial charge is 0.493 e. The molecular weight excluding hydrogens is 560 g/mol. The summed E-state index contributed by atoms with van der Waals surface area (Å²) in [6.45, 7) is 3.47. The molecule has 0 saturated heterocycles. The van der Waals surface area contributed by atoms with Crippen molar-refractivity contribution in [3.63, 3.8) is 0 Å². The zero-order chi connectivity index (χ0) is 31.2. The molecule has 11 heteroatoms. The highest BCUT2D eigenvalue weighted by molar-refractivity contribution is 5.98. The lowest BCUT2D eigenvalue weighted by atomic mass is 9.99. The van der Waals surface area contributed by atoms with E-state index >= 15 is 0 Å². The van der Waals surface area contributed by atoms with Gasteiger partial charge in [0.2, 0.25) is 5.91 Å². The topological polar surface area (TPSA) is 141 Å².